The fourth-order valence-corrected chi connectivity index (χ4v) is 2.44. The smallest absolute Gasteiger partial charge is 0.109 e. The van der Waals surface area contributed by atoms with Gasteiger partial charge in [-0.1, -0.05) is 26.0 Å². The van der Waals surface area contributed by atoms with E-state index in [9.17, 15) is 5.11 Å². The molecule has 2 aromatic rings. The van der Waals surface area contributed by atoms with Gasteiger partial charge in [-0.2, -0.15) is 0 Å². The van der Waals surface area contributed by atoms with Crippen molar-refractivity contribution < 1.29 is 5.11 Å². The second kappa shape index (κ2) is 6.68. The number of imidazole rings is 1. The number of nitrogens with one attached hydrogen (secondary N) is 1. The van der Waals surface area contributed by atoms with E-state index in [4.69, 9.17) is 4.98 Å². The molecule has 0 bridgehead atoms. The Morgan fingerprint density at radius 3 is 2.79 bits per heavy atom. The summed E-state index contributed by atoms with van der Waals surface area (Å²) in [5, 5.41) is 12.8. The lowest BCUT2D eigenvalue weighted by atomic mass is 10.2. The molecule has 1 aromatic carbocycles. The SMILES string of the molecule is CCCc1nc2ccccc2n1CC(CO)NCC. The van der Waals surface area contributed by atoms with E-state index in [2.05, 4.69) is 29.8 Å². The maximum absolute atomic E-state index is 9.45. The van der Waals surface area contributed by atoms with Crippen molar-refractivity contribution in [1.29, 1.82) is 0 Å². The van der Waals surface area contributed by atoms with E-state index in [1.807, 2.05) is 18.2 Å². The molecule has 19 heavy (non-hydrogen) atoms. The van der Waals surface area contributed by atoms with Gasteiger partial charge in [-0.25, -0.2) is 4.98 Å². The maximum Gasteiger partial charge on any atom is 0.109 e. The number of hydrogen-bond donors (Lipinski definition) is 2. The van der Waals surface area contributed by atoms with Gasteiger partial charge in [0.1, 0.15) is 5.82 Å². The van der Waals surface area contributed by atoms with Gasteiger partial charge in [-0.3, -0.25) is 0 Å². The Labute approximate surface area is 114 Å². The third kappa shape index (κ3) is 3.14. The number of aryl methyl sites for hydroxylation is 1. The topological polar surface area (TPSA) is 50.1 Å². The van der Waals surface area contributed by atoms with Crippen molar-refractivity contribution >= 4 is 11.0 Å². The molecule has 4 heteroatoms. The summed E-state index contributed by atoms with van der Waals surface area (Å²) in [5.74, 6) is 1.11. The highest BCUT2D eigenvalue weighted by atomic mass is 16.3. The first kappa shape index (κ1) is 14.0. The van der Waals surface area contributed by atoms with E-state index in [-0.39, 0.29) is 12.6 Å². The molecule has 0 spiro atoms. The second-order valence-corrected chi connectivity index (χ2v) is 4.81. The molecule has 0 radical (unpaired) electrons. The predicted octanol–water partition coefficient (Wildman–Crippen LogP) is 1.96. The highest BCUT2D eigenvalue weighted by Gasteiger charge is 2.13. The first-order chi connectivity index (χ1) is 9.30. The van der Waals surface area contributed by atoms with Gasteiger partial charge in [0.2, 0.25) is 0 Å². The van der Waals surface area contributed by atoms with Gasteiger partial charge in [0.05, 0.1) is 17.6 Å². The highest BCUT2D eigenvalue weighted by molar-refractivity contribution is 5.75. The van der Waals surface area contributed by atoms with Gasteiger partial charge >= 0.3 is 0 Å². The minimum Gasteiger partial charge on any atom is -0.395 e. The first-order valence-electron chi connectivity index (χ1n) is 7.08. The molecule has 1 heterocycles. The normalized spacial score (nSPS) is 13.0. The van der Waals surface area contributed by atoms with E-state index in [1.54, 1.807) is 0 Å². The van der Waals surface area contributed by atoms with Crippen LogP contribution >= 0.6 is 0 Å². The van der Waals surface area contributed by atoms with Crippen molar-refractivity contribution in [2.24, 2.45) is 0 Å². The van der Waals surface area contributed by atoms with Gasteiger partial charge in [0, 0.05) is 19.0 Å². The standard InChI is InChI=1S/C15H23N3O/c1-3-7-15-17-13-8-5-6-9-14(13)18(15)10-12(11-19)16-4-2/h5-6,8-9,12,16,19H,3-4,7,10-11H2,1-2H3. The summed E-state index contributed by atoms with van der Waals surface area (Å²) < 4.78 is 2.24. The van der Waals surface area contributed by atoms with Crippen molar-refractivity contribution in [3.63, 3.8) is 0 Å². The minimum atomic E-state index is 0.0817. The van der Waals surface area contributed by atoms with Crippen LogP contribution in [0.15, 0.2) is 24.3 Å². The van der Waals surface area contributed by atoms with Crippen molar-refractivity contribution in [2.45, 2.75) is 39.3 Å². The number of hydrogen-bond acceptors (Lipinski definition) is 3. The lowest BCUT2D eigenvalue weighted by molar-refractivity contribution is 0.231. The lowest BCUT2D eigenvalue weighted by Crippen LogP contribution is -2.36. The molecule has 0 saturated carbocycles. The van der Waals surface area contributed by atoms with Crippen molar-refractivity contribution in [3.8, 4) is 0 Å². The molecule has 0 fully saturated rings. The molecule has 2 rings (SSSR count). The zero-order chi connectivity index (χ0) is 13.7. The molecule has 1 aromatic heterocycles. The molecular weight excluding hydrogens is 238 g/mol. The Morgan fingerprint density at radius 2 is 2.11 bits per heavy atom. The maximum atomic E-state index is 9.45. The Bertz CT molecular complexity index is 521. The van der Waals surface area contributed by atoms with Crippen molar-refractivity contribution in [2.75, 3.05) is 13.2 Å². The summed E-state index contributed by atoms with van der Waals surface area (Å²) in [7, 11) is 0. The number of para-hydroxylation sites is 2. The van der Waals surface area contributed by atoms with Crippen LogP contribution in [0.1, 0.15) is 26.1 Å². The van der Waals surface area contributed by atoms with E-state index < -0.39 is 0 Å². The van der Waals surface area contributed by atoms with Gasteiger partial charge < -0.3 is 15.0 Å². The molecule has 4 nitrogen and oxygen atoms in total. The van der Waals surface area contributed by atoms with E-state index >= 15 is 0 Å². The molecule has 0 saturated heterocycles. The average molecular weight is 261 g/mol. The third-order valence-corrected chi connectivity index (χ3v) is 3.32. The fourth-order valence-electron chi connectivity index (χ4n) is 2.44. The highest BCUT2D eigenvalue weighted by Crippen LogP contribution is 2.17. The Hall–Kier alpha value is -1.39. The van der Waals surface area contributed by atoms with E-state index in [0.29, 0.717) is 0 Å². The third-order valence-electron chi connectivity index (χ3n) is 3.32. The summed E-state index contributed by atoms with van der Waals surface area (Å²) in [4.78, 5) is 4.70. The van der Waals surface area contributed by atoms with E-state index in [1.165, 1.54) is 0 Å². The zero-order valence-electron chi connectivity index (χ0n) is 11.8. The molecule has 0 amide bonds. The van der Waals surface area contributed by atoms with Crippen LogP contribution in [0.2, 0.25) is 0 Å². The Balaban J connectivity index is 2.35. The Kier molecular flexibility index (Phi) is 4.93. The molecule has 0 aliphatic heterocycles. The van der Waals surface area contributed by atoms with E-state index in [0.717, 1.165) is 42.8 Å². The summed E-state index contributed by atoms with van der Waals surface area (Å²) >= 11 is 0. The monoisotopic (exact) mass is 261 g/mol. The molecule has 1 unspecified atom stereocenters. The summed E-state index contributed by atoms with van der Waals surface area (Å²) in [6.45, 7) is 5.99. The second-order valence-electron chi connectivity index (χ2n) is 4.81. The largest absolute Gasteiger partial charge is 0.395 e. The molecule has 0 aliphatic carbocycles. The number of rotatable bonds is 7. The van der Waals surface area contributed by atoms with Gasteiger partial charge in [-0.05, 0) is 25.1 Å². The van der Waals surface area contributed by atoms with Crippen LogP contribution in [-0.4, -0.2) is 33.9 Å². The van der Waals surface area contributed by atoms with Crippen LogP contribution in [-0.2, 0) is 13.0 Å². The molecule has 0 aliphatic rings. The number of likely N-dealkylation sites (N-methyl/N-ethyl adjacent to an activating group) is 1. The minimum absolute atomic E-state index is 0.0817. The summed E-state index contributed by atoms with van der Waals surface area (Å²) in [5.41, 5.74) is 2.20. The van der Waals surface area contributed by atoms with Crippen molar-refractivity contribution in [1.82, 2.24) is 14.9 Å². The van der Waals surface area contributed by atoms with Gasteiger partial charge in [0.15, 0.2) is 0 Å². The Morgan fingerprint density at radius 1 is 1.32 bits per heavy atom. The van der Waals surface area contributed by atoms with Gasteiger partial charge in [-0.15, -0.1) is 0 Å². The average Bonchev–Trinajstić information content (AvgIpc) is 2.77. The van der Waals surface area contributed by atoms with Crippen LogP contribution in [0.3, 0.4) is 0 Å². The number of aliphatic hydroxyl groups excluding tert-OH is 1. The number of benzene rings is 1. The summed E-state index contributed by atoms with van der Waals surface area (Å²) in [6.07, 6.45) is 2.05. The van der Waals surface area contributed by atoms with Crippen LogP contribution < -0.4 is 5.32 Å². The summed E-state index contributed by atoms with van der Waals surface area (Å²) in [6, 6.07) is 8.28. The molecule has 1 atom stereocenters. The van der Waals surface area contributed by atoms with Crippen molar-refractivity contribution in [3.05, 3.63) is 30.1 Å². The number of aliphatic hydroxyl groups is 1. The number of nitrogens with zero attached hydrogens (tertiary/aromatic N) is 2. The van der Waals surface area contributed by atoms with Crippen LogP contribution in [0.25, 0.3) is 11.0 Å². The number of fused-ring (bicyclic) bond motifs is 1. The fraction of sp³-hybridized carbons (Fsp3) is 0.533. The first-order valence-corrected chi connectivity index (χ1v) is 7.08. The zero-order valence-corrected chi connectivity index (χ0v) is 11.8. The lowest BCUT2D eigenvalue weighted by Gasteiger charge is -2.18. The van der Waals surface area contributed by atoms with Gasteiger partial charge in [0.25, 0.3) is 0 Å². The number of aromatic nitrogens is 2. The molecule has 2 N–H and O–H groups in total. The quantitative estimate of drug-likeness (QED) is 0.801. The predicted molar refractivity (Wildman–Crippen MR) is 78.3 cm³/mol. The van der Waals surface area contributed by atoms with Crippen LogP contribution in [0.4, 0.5) is 0 Å². The van der Waals surface area contributed by atoms with Crippen LogP contribution in [0, 0.1) is 0 Å². The molecule has 104 valence electrons. The molecular formula is C15H23N3O. The van der Waals surface area contributed by atoms with Crippen LogP contribution in [0.5, 0.6) is 0 Å².